The molecule has 2 unspecified atom stereocenters. The minimum Gasteiger partial charge on any atom is -0.385 e. The molecule has 3 nitrogen and oxygen atoms in total. The Morgan fingerprint density at radius 3 is 2.67 bits per heavy atom. The van der Waals surface area contributed by atoms with E-state index in [1.807, 2.05) is 12.1 Å². The van der Waals surface area contributed by atoms with Crippen LogP contribution in [-0.4, -0.2) is 22.2 Å². The number of nitrogens with zero attached hydrogens (tertiary/aromatic N) is 1. The van der Waals surface area contributed by atoms with E-state index < -0.39 is 5.60 Å². The second kappa shape index (κ2) is 3.29. The second-order valence-corrected chi connectivity index (χ2v) is 4.82. The topological polar surface area (TPSA) is 45.2 Å². The number of hydrogen-bond acceptors (Lipinski definition) is 3. The van der Waals surface area contributed by atoms with Gasteiger partial charge in [-0.2, -0.15) is 0 Å². The smallest absolute Gasteiger partial charge is 0.0941 e. The number of aromatic nitrogens is 1. The van der Waals surface area contributed by atoms with Gasteiger partial charge in [0.25, 0.3) is 0 Å². The molecule has 3 heteroatoms. The molecule has 1 aromatic rings. The Kier molecular flexibility index (Phi) is 2.04. The number of fused-ring (bicyclic) bond motifs is 2. The molecule has 2 N–H and O–H groups in total. The summed E-state index contributed by atoms with van der Waals surface area (Å²) in [5.74, 6) is 0. The van der Waals surface area contributed by atoms with Crippen molar-refractivity contribution in [3.05, 3.63) is 30.1 Å². The molecule has 0 spiro atoms. The lowest BCUT2D eigenvalue weighted by atomic mass is 9.82. The lowest BCUT2D eigenvalue weighted by Crippen LogP contribution is -2.46. The first kappa shape index (κ1) is 9.31. The number of piperidine rings is 1. The summed E-state index contributed by atoms with van der Waals surface area (Å²) in [6.07, 6.45) is 7.61. The van der Waals surface area contributed by atoms with Crippen molar-refractivity contribution in [2.45, 2.75) is 43.4 Å². The molecule has 2 fully saturated rings. The maximum Gasteiger partial charge on any atom is 0.0941 e. The lowest BCUT2D eigenvalue weighted by molar-refractivity contribution is -0.0117. The zero-order chi connectivity index (χ0) is 10.3. The molecule has 1 aromatic heterocycles. The van der Waals surface area contributed by atoms with Gasteiger partial charge in [-0.3, -0.25) is 4.98 Å². The van der Waals surface area contributed by atoms with Crippen molar-refractivity contribution >= 4 is 0 Å². The Bertz CT molecular complexity index is 340. The fourth-order valence-electron chi connectivity index (χ4n) is 3.00. The van der Waals surface area contributed by atoms with Crippen molar-refractivity contribution in [2.75, 3.05) is 0 Å². The summed E-state index contributed by atoms with van der Waals surface area (Å²) in [6, 6.07) is 4.87. The van der Waals surface area contributed by atoms with Gasteiger partial charge in [-0.25, -0.2) is 0 Å². The summed E-state index contributed by atoms with van der Waals surface area (Å²) in [5.41, 5.74) is 0.328. The van der Waals surface area contributed by atoms with Crippen molar-refractivity contribution in [3.8, 4) is 0 Å². The molecule has 0 aliphatic carbocycles. The van der Waals surface area contributed by atoms with Gasteiger partial charge in [0.15, 0.2) is 0 Å². The average Bonchev–Trinajstić information content (AvgIpc) is 2.60. The van der Waals surface area contributed by atoms with Crippen LogP contribution in [0.25, 0.3) is 0 Å². The number of pyridine rings is 1. The number of hydrogen-bond donors (Lipinski definition) is 2. The van der Waals surface area contributed by atoms with Gasteiger partial charge in [-0.15, -0.1) is 0 Å². The van der Waals surface area contributed by atoms with Gasteiger partial charge in [-0.1, -0.05) is 6.07 Å². The zero-order valence-electron chi connectivity index (χ0n) is 8.69. The van der Waals surface area contributed by atoms with Crippen molar-refractivity contribution in [1.82, 2.24) is 10.3 Å². The summed E-state index contributed by atoms with van der Waals surface area (Å²) in [4.78, 5) is 4.10. The second-order valence-electron chi connectivity index (χ2n) is 4.82. The summed E-state index contributed by atoms with van der Waals surface area (Å²) in [7, 11) is 0. The highest BCUT2D eigenvalue weighted by atomic mass is 16.3. The number of rotatable bonds is 1. The molecular formula is C12H16N2O. The number of aliphatic hydroxyl groups is 1. The first-order chi connectivity index (χ1) is 7.26. The highest BCUT2D eigenvalue weighted by Crippen LogP contribution is 2.40. The van der Waals surface area contributed by atoms with Gasteiger partial charge in [0.1, 0.15) is 0 Å². The van der Waals surface area contributed by atoms with E-state index in [1.165, 1.54) is 12.8 Å². The van der Waals surface area contributed by atoms with E-state index in [0.29, 0.717) is 12.1 Å². The standard InChI is InChI=1S/C12H16N2O/c15-12(9-2-1-5-13-8-9)6-10-3-4-11(7-12)14-10/h1-2,5,8,10-11,14-15H,3-4,6-7H2. The Morgan fingerprint density at radius 2 is 2.07 bits per heavy atom. The normalized spacial score (nSPS) is 39.3. The van der Waals surface area contributed by atoms with E-state index in [2.05, 4.69) is 10.3 Å². The molecule has 15 heavy (non-hydrogen) atoms. The van der Waals surface area contributed by atoms with E-state index in [9.17, 15) is 5.11 Å². The average molecular weight is 204 g/mol. The Labute approximate surface area is 89.5 Å². The molecule has 2 bridgehead atoms. The van der Waals surface area contributed by atoms with Crippen molar-refractivity contribution in [3.63, 3.8) is 0 Å². The first-order valence-corrected chi connectivity index (χ1v) is 5.65. The van der Waals surface area contributed by atoms with Crippen LogP contribution in [0.5, 0.6) is 0 Å². The molecule has 2 atom stereocenters. The van der Waals surface area contributed by atoms with Crippen LogP contribution in [0.15, 0.2) is 24.5 Å². The molecular weight excluding hydrogens is 188 g/mol. The third-order valence-electron chi connectivity index (χ3n) is 3.70. The third-order valence-corrected chi connectivity index (χ3v) is 3.70. The maximum atomic E-state index is 10.6. The molecule has 2 saturated heterocycles. The van der Waals surface area contributed by atoms with Gasteiger partial charge in [0, 0.05) is 30.0 Å². The summed E-state index contributed by atoms with van der Waals surface area (Å²) >= 11 is 0. The van der Waals surface area contributed by atoms with E-state index in [4.69, 9.17) is 0 Å². The van der Waals surface area contributed by atoms with Crippen LogP contribution in [0.1, 0.15) is 31.2 Å². The SMILES string of the molecule is OC1(c2cccnc2)CC2CCC(C1)N2. The highest BCUT2D eigenvalue weighted by Gasteiger charge is 2.43. The largest absolute Gasteiger partial charge is 0.385 e. The van der Waals surface area contributed by atoms with Gasteiger partial charge in [-0.05, 0) is 31.7 Å². The summed E-state index contributed by atoms with van der Waals surface area (Å²) < 4.78 is 0. The van der Waals surface area contributed by atoms with Crippen LogP contribution in [0.2, 0.25) is 0 Å². The zero-order valence-corrected chi connectivity index (χ0v) is 8.69. The van der Waals surface area contributed by atoms with Crippen LogP contribution >= 0.6 is 0 Å². The van der Waals surface area contributed by atoms with Gasteiger partial charge < -0.3 is 10.4 Å². The van der Waals surface area contributed by atoms with Crippen LogP contribution < -0.4 is 5.32 Å². The van der Waals surface area contributed by atoms with Gasteiger partial charge in [0.2, 0.25) is 0 Å². The molecule has 2 aliphatic heterocycles. The molecule has 3 heterocycles. The minimum atomic E-state index is -0.647. The Morgan fingerprint density at radius 1 is 1.33 bits per heavy atom. The third kappa shape index (κ3) is 1.56. The number of nitrogens with one attached hydrogen (secondary N) is 1. The maximum absolute atomic E-state index is 10.6. The van der Waals surface area contributed by atoms with Crippen LogP contribution in [0, 0.1) is 0 Å². The molecule has 80 valence electrons. The quantitative estimate of drug-likeness (QED) is 0.722. The van der Waals surface area contributed by atoms with Crippen LogP contribution in [-0.2, 0) is 5.60 Å². The summed E-state index contributed by atoms with van der Waals surface area (Å²) in [5, 5.41) is 14.2. The van der Waals surface area contributed by atoms with E-state index in [0.717, 1.165) is 18.4 Å². The van der Waals surface area contributed by atoms with E-state index in [1.54, 1.807) is 12.4 Å². The monoisotopic (exact) mass is 204 g/mol. The van der Waals surface area contributed by atoms with E-state index in [-0.39, 0.29) is 0 Å². The Balaban J connectivity index is 1.91. The predicted molar refractivity (Wildman–Crippen MR) is 57.3 cm³/mol. The van der Waals surface area contributed by atoms with E-state index >= 15 is 0 Å². The van der Waals surface area contributed by atoms with Gasteiger partial charge in [0.05, 0.1) is 5.60 Å². The fourth-order valence-corrected chi connectivity index (χ4v) is 3.00. The lowest BCUT2D eigenvalue weighted by Gasteiger charge is -2.37. The van der Waals surface area contributed by atoms with Gasteiger partial charge >= 0.3 is 0 Å². The van der Waals surface area contributed by atoms with Crippen LogP contribution in [0.4, 0.5) is 0 Å². The minimum absolute atomic E-state index is 0.494. The molecule has 0 aromatic carbocycles. The van der Waals surface area contributed by atoms with Crippen molar-refractivity contribution < 1.29 is 5.11 Å². The highest BCUT2D eigenvalue weighted by molar-refractivity contribution is 5.21. The first-order valence-electron chi connectivity index (χ1n) is 5.65. The molecule has 0 saturated carbocycles. The van der Waals surface area contributed by atoms with Crippen molar-refractivity contribution in [2.24, 2.45) is 0 Å². The summed E-state index contributed by atoms with van der Waals surface area (Å²) in [6.45, 7) is 0. The van der Waals surface area contributed by atoms with Crippen molar-refractivity contribution in [1.29, 1.82) is 0 Å². The Hall–Kier alpha value is -0.930. The molecule has 3 rings (SSSR count). The fraction of sp³-hybridized carbons (Fsp3) is 0.583. The molecule has 2 aliphatic rings. The molecule has 0 amide bonds. The van der Waals surface area contributed by atoms with Crippen LogP contribution in [0.3, 0.4) is 0 Å². The predicted octanol–water partition coefficient (Wildman–Crippen LogP) is 1.18. The molecule has 0 radical (unpaired) electrons.